The number of piperidine rings is 1. The molecule has 0 amide bonds. The summed E-state index contributed by atoms with van der Waals surface area (Å²) in [6, 6.07) is 0.189. The first kappa shape index (κ1) is 9.45. The molecule has 1 nitrogen and oxygen atoms in total. The Hall–Kier alpha value is -0.110. The molecular formula is C11H20FN. The van der Waals surface area contributed by atoms with Gasteiger partial charge in [0, 0.05) is 6.04 Å². The lowest BCUT2D eigenvalue weighted by Gasteiger charge is -2.36. The first-order valence-electron chi connectivity index (χ1n) is 5.75. The molecule has 2 rings (SSSR count). The number of nitrogens with one attached hydrogen (secondary N) is 1. The van der Waals surface area contributed by atoms with Crippen molar-refractivity contribution in [2.45, 2.75) is 57.2 Å². The maximum Gasteiger partial charge on any atom is 0.116 e. The Kier molecular flexibility index (Phi) is 3.20. The van der Waals surface area contributed by atoms with Gasteiger partial charge in [-0.1, -0.05) is 19.3 Å². The van der Waals surface area contributed by atoms with Gasteiger partial charge in [-0.25, -0.2) is 4.39 Å². The molecule has 2 unspecified atom stereocenters. The van der Waals surface area contributed by atoms with Gasteiger partial charge in [-0.05, 0) is 38.1 Å². The summed E-state index contributed by atoms with van der Waals surface area (Å²) < 4.78 is 13.6. The summed E-state index contributed by atoms with van der Waals surface area (Å²) in [4.78, 5) is 0. The Bertz CT molecular complexity index is 154. The monoisotopic (exact) mass is 185 g/mol. The first-order chi connectivity index (χ1) is 6.38. The minimum absolute atomic E-state index is 0.189. The van der Waals surface area contributed by atoms with Crippen LogP contribution in [0.1, 0.15) is 44.9 Å². The van der Waals surface area contributed by atoms with E-state index in [1.165, 1.54) is 32.1 Å². The molecule has 1 saturated heterocycles. The van der Waals surface area contributed by atoms with Gasteiger partial charge in [0.05, 0.1) is 0 Å². The zero-order valence-corrected chi connectivity index (χ0v) is 8.27. The molecule has 2 fully saturated rings. The van der Waals surface area contributed by atoms with Crippen LogP contribution in [0.2, 0.25) is 0 Å². The summed E-state index contributed by atoms with van der Waals surface area (Å²) in [7, 11) is 0. The lowest BCUT2D eigenvalue weighted by Crippen LogP contribution is -2.48. The Labute approximate surface area is 80.1 Å². The van der Waals surface area contributed by atoms with E-state index in [1.54, 1.807) is 0 Å². The van der Waals surface area contributed by atoms with Gasteiger partial charge < -0.3 is 5.32 Å². The van der Waals surface area contributed by atoms with Gasteiger partial charge in [0.1, 0.15) is 6.17 Å². The van der Waals surface area contributed by atoms with Crippen LogP contribution in [-0.2, 0) is 0 Å². The highest BCUT2D eigenvalue weighted by atomic mass is 19.1. The second-order valence-electron chi connectivity index (χ2n) is 4.54. The van der Waals surface area contributed by atoms with E-state index in [0.717, 1.165) is 19.4 Å². The highest BCUT2D eigenvalue weighted by molar-refractivity contribution is 4.88. The van der Waals surface area contributed by atoms with Crippen LogP contribution in [0.15, 0.2) is 0 Å². The SMILES string of the molecule is FC1CCCNC1C1CCCCC1. The molecule has 2 atom stereocenters. The van der Waals surface area contributed by atoms with Gasteiger partial charge in [0.25, 0.3) is 0 Å². The molecular weight excluding hydrogens is 165 g/mol. The third kappa shape index (κ3) is 2.22. The van der Waals surface area contributed by atoms with E-state index in [4.69, 9.17) is 0 Å². The number of rotatable bonds is 1. The maximum atomic E-state index is 13.6. The summed E-state index contributed by atoms with van der Waals surface area (Å²) in [5.74, 6) is 0.629. The third-order valence-corrected chi connectivity index (χ3v) is 3.58. The van der Waals surface area contributed by atoms with Crippen LogP contribution in [0.4, 0.5) is 4.39 Å². The summed E-state index contributed by atoms with van der Waals surface area (Å²) in [5.41, 5.74) is 0. The zero-order chi connectivity index (χ0) is 9.10. The Morgan fingerprint density at radius 2 is 1.69 bits per heavy atom. The predicted octanol–water partition coefficient (Wildman–Crippen LogP) is 2.66. The fourth-order valence-electron chi connectivity index (χ4n) is 2.83. The summed E-state index contributed by atoms with van der Waals surface area (Å²) in [6.45, 7) is 1.03. The Morgan fingerprint density at radius 1 is 0.923 bits per heavy atom. The molecule has 13 heavy (non-hydrogen) atoms. The van der Waals surface area contributed by atoms with Crippen molar-refractivity contribution in [1.82, 2.24) is 5.32 Å². The average molecular weight is 185 g/mol. The van der Waals surface area contributed by atoms with E-state index in [0.29, 0.717) is 5.92 Å². The molecule has 0 spiro atoms. The van der Waals surface area contributed by atoms with E-state index in [9.17, 15) is 4.39 Å². The predicted molar refractivity (Wildman–Crippen MR) is 52.5 cm³/mol. The van der Waals surface area contributed by atoms with Crippen LogP contribution in [0.3, 0.4) is 0 Å². The summed E-state index contributed by atoms with van der Waals surface area (Å²) >= 11 is 0. The smallest absolute Gasteiger partial charge is 0.116 e. The standard InChI is InChI=1S/C11H20FN/c12-10-7-4-8-13-11(10)9-5-2-1-3-6-9/h9-11,13H,1-8H2. The van der Waals surface area contributed by atoms with Crippen LogP contribution in [0.25, 0.3) is 0 Å². The molecule has 1 N–H and O–H groups in total. The van der Waals surface area contributed by atoms with Crippen LogP contribution in [0, 0.1) is 5.92 Å². The quantitative estimate of drug-likeness (QED) is 0.662. The number of alkyl halides is 1. The van der Waals surface area contributed by atoms with Crippen molar-refractivity contribution in [2.75, 3.05) is 6.54 Å². The van der Waals surface area contributed by atoms with Crippen LogP contribution in [-0.4, -0.2) is 18.8 Å². The molecule has 0 aromatic carbocycles. The number of halogens is 1. The van der Waals surface area contributed by atoms with Crippen molar-refractivity contribution >= 4 is 0 Å². The second kappa shape index (κ2) is 4.41. The van der Waals surface area contributed by atoms with E-state index in [2.05, 4.69) is 5.32 Å². The van der Waals surface area contributed by atoms with Crippen molar-refractivity contribution in [3.8, 4) is 0 Å². The topological polar surface area (TPSA) is 12.0 Å². The highest BCUT2D eigenvalue weighted by Crippen LogP contribution is 2.30. The normalized spacial score (nSPS) is 37.6. The molecule has 2 aliphatic rings. The van der Waals surface area contributed by atoms with Crippen LogP contribution >= 0.6 is 0 Å². The zero-order valence-electron chi connectivity index (χ0n) is 8.27. The van der Waals surface area contributed by atoms with Gasteiger partial charge in [-0.2, -0.15) is 0 Å². The number of hydrogen-bond acceptors (Lipinski definition) is 1. The molecule has 0 radical (unpaired) electrons. The molecule has 1 aliphatic carbocycles. The minimum atomic E-state index is -0.572. The fourth-order valence-corrected chi connectivity index (χ4v) is 2.83. The van der Waals surface area contributed by atoms with Crippen molar-refractivity contribution in [1.29, 1.82) is 0 Å². The van der Waals surface area contributed by atoms with Crippen molar-refractivity contribution < 1.29 is 4.39 Å². The van der Waals surface area contributed by atoms with E-state index < -0.39 is 6.17 Å². The summed E-state index contributed by atoms with van der Waals surface area (Å²) in [5, 5.41) is 3.36. The molecule has 1 heterocycles. The molecule has 76 valence electrons. The molecule has 0 aromatic rings. The average Bonchev–Trinajstić information content (AvgIpc) is 2.20. The van der Waals surface area contributed by atoms with E-state index in [1.807, 2.05) is 0 Å². The van der Waals surface area contributed by atoms with Gasteiger partial charge in [-0.15, -0.1) is 0 Å². The van der Waals surface area contributed by atoms with Crippen molar-refractivity contribution in [2.24, 2.45) is 5.92 Å². The Morgan fingerprint density at radius 3 is 2.38 bits per heavy atom. The lowest BCUT2D eigenvalue weighted by atomic mass is 9.80. The molecule has 1 saturated carbocycles. The second-order valence-corrected chi connectivity index (χ2v) is 4.54. The van der Waals surface area contributed by atoms with Crippen LogP contribution in [0.5, 0.6) is 0 Å². The van der Waals surface area contributed by atoms with E-state index in [-0.39, 0.29) is 6.04 Å². The largest absolute Gasteiger partial charge is 0.311 e. The van der Waals surface area contributed by atoms with E-state index >= 15 is 0 Å². The van der Waals surface area contributed by atoms with Gasteiger partial charge in [0.15, 0.2) is 0 Å². The minimum Gasteiger partial charge on any atom is -0.311 e. The lowest BCUT2D eigenvalue weighted by molar-refractivity contribution is 0.130. The maximum absolute atomic E-state index is 13.6. The van der Waals surface area contributed by atoms with Gasteiger partial charge in [-0.3, -0.25) is 0 Å². The van der Waals surface area contributed by atoms with Gasteiger partial charge in [0.2, 0.25) is 0 Å². The van der Waals surface area contributed by atoms with Crippen molar-refractivity contribution in [3.05, 3.63) is 0 Å². The number of hydrogen-bond donors (Lipinski definition) is 1. The summed E-state index contributed by atoms with van der Waals surface area (Å²) in [6.07, 6.45) is 7.72. The van der Waals surface area contributed by atoms with Crippen molar-refractivity contribution in [3.63, 3.8) is 0 Å². The molecule has 0 bridgehead atoms. The first-order valence-corrected chi connectivity index (χ1v) is 5.75. The van der Waals surface area contributed by atoms with Crippen LogP contribution < -0.4 is 5.32 Å². The third-order valence-electron chi connectivity index (χ3n) is 3.58. The van der Waals surface area contributed by atoms with Gasteiger partial charge >= 0.3 is 0 Å². The Balaban J connectivity index is 1.88. The fraction of sp³-hybridized carbons (Fsp3) is 1.00. The molecule has 2 heteroatoms. The molecule has 1 aliphatic heterocycles. The molecule has 0 aromatic heterocycles. The highest BCUT2D eigenvalue weighted by Gasteiger charge is 2.31.